The van der Waals surface area contributed by atoms with Crippen molar-refractivity contribution in [1.29, 1.82) is 0 Å². The molecule has 1 fully saturated rings. The summed E-state index contributed by atoms with van der Waals surface area (Å²) >= 11 is 5.97. The lowest BCUT2D eigenvalue weighted by atomic mass is 10.1. The van der Waals surface area contributed by atoms with Crippen LogP contribution in [0.2, 0.25) is 5.02 Å². The lowest BCUT2D eigenvalue weighted by Crippen LogP contribution is -2.02. The number of benzene rings is 1. The fourth-order valence-electron chi connectivity index (χ4n) is 1.48. The highest BCUT2D eigenvalue weighted by atomic mass is 35.5. The van der Waals surface area contributed by atoms with Gasteiger partial charge >= 0.3 is 0 Å². The number of halogens is 2. The number of hydrogen-bond donors (Lipinski definition) is 1. The maximum atomic E-state index is 13.3. The second-order valence-electron chi connectivity index (χ2n) is 3.18. The average molecular weight is 246 g/mol. The molecule has 4 nitrogen and oxygen atoms in total. The highest BCUT2D eigenvalue weighted by molar-refractivity contribution is 6.33. The van der Waals surface area contributed by atoms with Crippen LogP contribution in [0, 0.1) is 5.82 Å². The summed E-state index contributed by atoms with van der Waals surface area (Å²) in [6.07, 6.45) is 0.356. The summed E-state index contributed by atoms with van der Waals surface area (Å²) in [5.41, 5.74) is 0.538. The molecule has 1 saturated heterocycles. The van der Waals surface area contributed by atoms with Crippen LogP contribution in [-0.4, -0.2) is 24.6 Å². The third-order valence-electron chi connectivity index (χ3n) is 2.22. The Hall–Kier alpha value is -1.17. The van der Waals surface area contributed by atoms with Crippen molar-refractivity contribution in [2.45, 2.75) is 6.29 Å². The summed E-state index contributed by atoms with van der Waals surface area (Å²) in [5, 5.41) is 11.3. The topological polar surface area (TPSA) is 51.1 Å². The van der Waals surface area contributed by atoms with Crippen LogP contribution in [0.1, 0.15) is 17.4 Å². The Labute approximate surface area is 96.2 Å². The van der Waals surface area contributed by atoms with Crippen LogP contribution < -0.4 is 0 Å². The average Bonchev–Trinajstić information content (AvgIpc) is 2.77. The quantitative estimate of drug-likeness (QED) is 0.494. The van der Waals surface area contributed by atoms with Gasteiger partial charge in [-0.3, -0.25) is 0 Å². The molecule has 1 heterocycles. The maximum Gasteiger partial charge on any atom is 0.185 e. The standard InChI is InChI=1S/C10H9ClFNO3/c11-9-6(10-15-3-4-16-10)1-2-8(12)7(9)5-13-14/h1-2,5,10,14H,3-4H2/b13-5-. The highest BCUT2D eigenvalue weighted by Crippen LogP contribution is 2.32. The van der Waals surface area contributed by atoms with Crippen LogP contribution in [-0.2, 0) is 9.47 Å². The van der Waals surface area contributed by atoms with E-state index in [9.17, 15) is 4.39 Å². The fourth-order valence-corrected chi connectivity index (χ4v) is 1.77. The van der Waals surface area contributed by atoms with Crippen molar-refractivity contribution in [2.24, 2.45) is 5.16 Å². The molecule has 6 heteroatoms. The molecule has 16 heavy (non-hydrogen) atoms. The number of oxime groups is 1. The SMILES string of the molecule is O/N=C\c1c(F)ccc(C2OCCO2)c1Cl. The molecule has 1 aliphatic rings. The number of rotatable bonds is 2. The fraction of sp³-hybridized carbons (Fsp3) is 0.300. The molecule has 0 unspecified atom stereocenters. The van der Waals surface area contributed by atoms with E-state index in [4.69, 9.17) is 26.3 Å². The molecule has 0 radical (unpaired) electrons. The van der Waals surface area contributed by atoms with Crippen LogP contribution in [0.3, 0.4) is 0 Å². The Morgan fingerprint density at radius 3 is 2.75 bits per heavy atom. The summed E-state index contributed by atoms with van der Waals surface area (Å²) in [4.78, 5) is 0. The molecule has 0 aliphatic carbocycles. The monoisotopic (exact) mass is 245 g/mol. The third kappa shape index (κ3) is 2.02. The third-order valence-corrected chi connectivity index (χ3v) is 2.64. The van der Waals surface area contributed by atoms with Crippen LogP contribution in [0.25, 0.3) is 0 Å². The van der Waals surface area contributed by atoms with E-state index >= 15 is 0 Å². The molecule has 0 aromatic heterocycles. The van der Waals surface area contributed by atoms with Crippen molar-refractivity contribution < 1.29 is 19.1 Å². The van der Waals surface area contributed by atoms with Gasteiger partial charge in [0.15, 0.2) is 6.29 Å². The van der Waals surface area contributed by atoms with Crippen LogP contribution in [0.5, 0.6) is 0 Å². The molecule has 2 rings (SSSR count). The van der Waals surface area contributed by atoms with E-state index in [-0.39, 0.29) is 10.6 Å². The molecule has 0 saturated carbocycles. The van der Waals surface area contributed by atoms with Gasteiger partial charge in [0.2, 0.25) is 0 Å². The Kier molecular flexibility index (Phi) is 3.38. The first-order valence-electron chi connectivity index (χ1n) is 4.62. The first-order valence-corrected chi connectivity index (χ1v) is 5.00. The van der Waals surface area contributed by atoms with Gasteiger partial charge in [-0.25, -0.2) is 4.39 Å². The molecule has 0 atom stereocenters. The van der Waals surface area contributed by atoms with E-state index in [0.717, 1.165) is 6.21 Å². The zero-order valence-corrected chi connectivity index (χ0v) is 8.95. The van der Waals surface area contributed by atoms with Crippen molar-refractivity contribution in [1.82, 2.24) is 0 Å². The number of nitrogens with zero attached hydrogens (tertiary/aromatic N) is 1. The molecular formula is C10H9ClFNO3. The summed E-state index contributed by atoms with van der Waals surface area (Å²) in [7, 11) is 0. The first-order chi connectivity index (χ1) is 7.74. The van der Waals surface area contributed by atoms with E-state index < -0.39 is 12.1 Å². The van der Waals surface area contributed by atoms with Gasteiger partial charge in [-0.2, -0.15) is 0 Å². The maximum absolute atomic E-state index is 13.3. The van der Waals surface area contributed by atoms with Crippen molar-refractivity contribution in [3.05, 3.63) is 34.1 Å². The van der Waals surface area contributed by atoms with Gasteiger partial charge < -0.3 is 14.7 Å². The van der Waals surface area contributed by atoms with Gasteiger partial charge in [-0.15, -0.1) is 0 Å². The second kappa shape index (κ2) is 4.78. The minimum Gasteiger partial charge on any atom is -0.411 e. The molecule has 86 valence electrons. The molecule has 0 spiro atoms. The van der Waals surface area contributed by atoms with Crippen molar-refractivity contribution in [3.8, 4) is 0 Å². The van der Waals surface area contributed by atoms with Crippen LogP contribution >= 0.6 is 11.6 Å². The van der Waals surface area contributed by atoms with Gasteiger partial charge in [0.05, 0.1) is 30.0 Å². The van der Waals surface area contributed by atoms with Gasteiger partial charge in [-0.1, -0.05) is 16.8 Å². The molecular weight excluding hydrogens is 237 g/mol. The van der Waals surface area contributed by atoms with E-state index in [1.54, 1.807) is 0 Å². The Balaban J connectivity index is 2.42. The van der Waals surface area contributed by atoms with E-state index in [2.05, 4.69) is 5.16 Å². The summed E-state index contributed by atoms with van der Waals surface area (Å²) in [5.74, 6) is -0.565. The van der Waals surface area contributed by atoms with E-state index in [1.807, 2.05) is 0 Å². The number of hydrogen-bond acceptors (Lipinski definition) is 4. The van der Waals surface area contributed by atoms with E-state index in [1.165, 1.54) is 12.1 Å². The number of ether oxygens (including phenoxy) is 2. The van der Waals surface area contributed by atoms with Gasteiger partial charge in [0, 0.05) is 5.56 Å². The minimum atomic E-state index is -0.584. The molecule has 0 bridgehead atoms. The first kappa shape index (κ1) is 11.3. The van der Waals surface area contributed by atoms with E-state index in [0.29, 0.717) is 18.8 Å². The Bertz CT molecular complexity index is 419. The molecule has 1 N–H and O–H groups in total. The van der Waals surface area contributed by atoms with Crippen molar-refractivity contribution >= 4 is 17.8 Å². The van der Waals surface area contributed by atoms with Crippen molar-refractivity contribution in [3.63, 3.8) is 0 Å². The van der Waals surface area contributed by atoms with Gasteiger partial charge in [-0.05, 0) is 12.1 Å². The second-order valence-corrected chi connectivity index (χ2v) is 3.56. The lowest BCUT2D eigenvalue weighted by molar-refractivity contribution is -0.0440. The molecule has 0 amide bonds. The van der Waals surface area contributed by atoms with Crippen molar-refractivity contribution in [2.75, 3.05) is 13.2 Å². The highest BCUT2D eigenvalue weighted by Gasteiger charge is 2.23. The summed E-state index contributed by atoms with van der Waals surface area (Å²) < 4.78 is 23.8. The Morgan fingerprint density at radius 2 is 2.12 bits per heavy atom. The van der Waals surface area contributed by atoms with Gasteiger partial charge in [0.1, 0.15) is 5.82 Å². The summed E-state index contributed by atoms with van der Waals surface area (Å²) in [6.45, 7) is 0.948. The van der Waals surface area contributed by atoms with Crippen LogP contribution in [0.4, 0.5) is 4.39 Å². The summed E-state index contributed by atoms with van der Waals surface area (Å²) in [6, 6.07) is 2.71. The lowest BCUT2D eigenvalue weighted by Gasteiger charge is -2.12. The normalized spacial score (nSPS) is 17.4. The van der Waals surface area contributed by atoms with Crippen LogP contribution in [0.15, 0.2) is 17.3 Å². The predicted octanol–water partition coefficient (Wildman–Crippen LogP) is 2.33. The largest absolute Gasteiger partial charge is 0.411 e. The smallest absolute Gasteiger partial charge is 0.185 e. The minimum absolute atomic E-state index is 0.0146. The Morgan fingerprint density at radius 1 is 1.44 bits per heavy atom. The molecule has 1 aromatic carbocycles. The van der Waals surface area contributed by atoms with Gasteiger partial charge in [0.25, 0.3) is 0 Å². The zero-order chi connectivity index (χ0) is 11.5. The predicted molar refractivity (Wildman–Crippen MR) is 55.4 cm³/mol. The zero-order valence-electron chi connectivity index (χ0n) is 8.19. The molecule has 1 aliphatic heterocycles. The molecule has 1 aromatic rings.